The molecule has 27 heavy (non-hydrogen) atoms. The molecule has 0 aromatic heterocycles. The van der Waals surface area contributed by atoms with Gasteiger partial charge in [-0.25, -0.2) is 4.39 Å². The Morgan fingerprint density at radius 3 is 2.67 bits per heavy atom. The number of carboxylic acid groups (broad SMARTS) is 1. The molecule has 1 atom stereocenters. The van der Waals surface area contributed by atoms with Crippen molar-refractivity contribution >= 4 is 11.9 Å². The Kier molecular flexibility index (Phi) is 6.03. The van der Waals surface area contributed by atoms with E-state index >= 15 is 0 Å². The van der Waals surface area contributed by atoms with Crippen molar-refractivity contribution in [1.29, 1.82) is 0 Å². The molecule has 0 saturated carbocycles. The van der Waals surface area contributed by atoms with E-state index in [0.29, 0.717) is 24.5 Å². The van der Waals surface area contributed by atoms with E-state index < -0.39 is 12.1 Å². The van der Waals surface area contributed by atoms with Crippen molar-refractivity contribution in [2.75, 3.05) is 19.7 Å². The molecule has 1 heterocycles. The first kappa shape index (κ1) is 18.8. The van der Waals surface area contributed by atoms with E-state index in [2.05, 4.69) is 0 Å². The second-order valence-electron chi connectivity index (χ2n) is 6.25. The predicted molar refractivity (Wildman–Crippen MR) is 95.1 cm³/mol. The van der Waals surface area contributed by atoms with Gasteiger partial charge in [-0.1, -0.05) is 24.3 Å². The molecule has 1 aliphatic heterocycles. The molecule has 1 N–H and O–H groups in total. The molecule has 3 rings (SSSR count). The van der Waals surface area contributed by atoms with Crippen molar-refractivity contribution < 1.29 is 28.6 Å². The maximum absolute atomic E-state index is 13.0. The number of amides is 1. The van der Waals surface area contributed by atoms with Gasteiger partial charge in [0.15, 0.2) is 0 Å². The smallest absolute Gasteiger partial charge is 0.306 e. The van der Waals surface area contributed by atoms with Gasteiger partial charge in [0.1, 0.15) is 18.2 Å². The van der Waals surface area contributed by atoms with Crippen LogP contribution in [0.5, 0.6) is 5.75 Å². The lowest BCUT2D eigenvalue weighted by Gasteiger charge is -2.32. The summed E-state index contributed by atoms with van der Waals surface area (Å²) < 4.78 is 24.2. The van der Waals surface area contributed by atoms with Gasteiger partial charge in [-0.3, -0.25) is 9.59 Å². The van der Waals surface area contributed by atoms with Crippen LogP contribution in [-0.2, 0) is 16.1 Å². The zero-order valence-electron chi connectivity index (χ0n) is 14.6. The van der Waals surface area contributed by atoms with Gasteiger partial charge in [-0.15, -0.1) is 0 Å². The molecule has 0 bridgehead atoms. The normalized spacial score (nSPS) is 16.8. The van der Waals surface area contributed by atoms with Crippen LogP contribution < -0.4 is 4.74 Å². The summed E-state index contributed by atoms with van der Waals surface area (Å²) in [7, 11) is 0. The van der Waals surface area contributed by atoms with Crippen LogP contribution in [0, 0.1) is 5.82 Å². The standard InChI is InChI=1S/C20H20FNO5/c21-15-7-5-14(6-8-15)13-27-18-4-2-1-3-17(18)20(25)22-9-10-26-16(12-22)11-19(23)24/h1-8,16H,9-13H2,(H,23,24)/t16-/m0/s1. The summed E-state index contributed by atoms with van der Waals surface area (Å²) in [5.74, 6) is -1.09. The van der Waals surface area contributed by atoms with Gasteiger partial charge in [-0.2, -0.15) is 0 Å². The zero-order chi connectivity index (χ0) is 19.2. The second kappa shape index (κ2) is 8.64. The van der Waals surface area contributed by atoms with E-state index in [1.54, 1.807) is 41.3 Å². The summed E-state index contributed by atoms with van der Waals surface area (Å²) in [4.78, 5) is 25.4. The average Bonchev–Trinajstić information content (AvgIpc) is 2.67. The van der Waals surface area contributed by atoms with Gasteiger partial charge >= 0.3 is 5.97 Å². The van der Waals surface area contributed by atoms with Crippen LogP contribution in [-0.4, -0.2) is 47.7 Å². The largest absolute Gasteiger partial charge is 0.488 e. The van der Waals surface area contributed by atoms with Gasteiger partial charge in [-0.05, 0) is 29.8 Å². The van der Waals surface area contributed by atoms with Crippen LogP contribution in [0.25, 0.3) is 0 Å². The molecule has 1 amide bonds. The fourth-order valence-corrected chi connectivity index (χ4v) is 2.90. The minimum atomic E-state index is -0.961. The number of para-hydroxylation sites is 1. The summed E-state index contributed by atoms with van der Waals surface area (Å²) >= 11 is 0. The predicted octanol–water partition coefficient (Wildman–Crippen LogP) is 2.72. The molecule has 0 spiro atoms. The molecule has 142 valence electrons. The van der Waals surface area contributed by atoms with Crippen molar-refractivity contribution in [3.8, 4) is 5.75 Å². The number of benzene rings is 2. The number of hydrogen-bond acceptors (Lipinski definition) is 4. The number of hydrogen-bond donors (Lipinski definition) is 1. The quantitative estimate of drug-likeness (QED) is 0.843. The number of carbonyl (C=O) groups excluding carboxylic acids is 1. The van der Waals surface area contributed by atoms with Crippen molar-refractivity contribution in [1.82, 2.24) is 4.90 Å². The number of halogens is 1. The van der Waals surface area contributed by atoms with Crippen molar-refractivity contribution in [3.63, 3.8) is 0 Å². The third kappa shape index (κ3) is 5.04. The molecule has 2 aromatic carbocycles. The second-order valence-corrected chi connectivity index (χ2v) is 6.25. The number of ether oxygens (including phenoxy) is 2. The molecule has 0 unspecified atom stereocenters. The first-order valence-corrected chi connectivity index (χ1v) is 8.62. The van der Waals surface area contributed by atoms with E-state index in [1.807, 2.05) is 0 Å². The Hall–Kier alpha value is -2.93. The van der Waals surface area contributed by atoms with Crippen LogP contribution in [0.4, 0.5) is 4.39 Å². The molecule has 1 aliphatic rings. The summed E-state index contributed by atoms with van der Waals surface area (Å²) in [6, 6.07) is 12.8. The van der Waals surface area contributed by atoms with E-state index in [-0.39, 0.29) is 31.3 Å². The highest BCUT2D eigenvalue weighted by molar-refractivity contribution is 5.97. The number of aliphatic carboxylic acids is 1. The Morgan fingerprint density at radius 2 is 1.93 bits per heavy atom. The van der Waals surface area contributed by atoms with Crippen molar-refractivity contribution in [2.24, 2.45) is 0 Å². The number of morpholine rings is 1. The lowest BCUT2D eigenvalue weighted by atomic mass is 10.1. The fourth-order valence-electron chi connectivity index (χ4n) is 2.90. The average molecular weight is 373 g/mol. The van der Waals surface area contributed by atoms with Gasteiger partial charge in [0.25, 0.3) is 5.91 Å². The molecule has 6 nitrogen and oxygen atoms in total. The van der Waals surface area contributed by atoms with E-state index in [0.717, 1.165) is 5.56 Å². The molecule has 2 aromatic rings. The molecule has 0 aliphatic carbocycles. The molecule has 7 heteroatoms. The van der Waals surface area contributed by atoms with Crippen LogP contribution >= 0.6 is 0 Å². The van der Waals surface area contributed by atoms with Gasteiger partial charge in [0.2, 0.25) is 0 Å². The third-order valence-electron chi connectivity index (χ3n) is 4.25. The lowest BCUT2D eigenvalue weighted by molar-refractivity contribution is -0.141. The van der Waals surface area contributed by atoms with E-state index in [1.165, 1.54) is 12.1 Å². The maximum Gasteiger partial charge on any atom is 0.306 e. The Bertz CT molecular complexity index is 808. The molecule has 0 radical (unpaired) electrons. The molecule has 1 fully saturated rings. The minimum absolute atomic E-state index is 0.146. The highest BCUT2D eigenvalue weighted by atomic mass is 19.1. The molecule has 1 saturated heterocycles. The summed E-state index contributed by atoms with van der Waals surface area (Å²) in [5, 5.41) is 8.92. The topological polar surface area (TPSA) is 76.1 Å². The minimum Gasteiger partial charge on any atom is -0.488 e. The Balaban J connectivity index is 1.69. The SMILES string of the molecule is O=C(O)C[C@H]1CN(C(=O)c2ccccc2OCc2ccc(F)cc2)CCO1. The summed E-state index contributed by atoms with van der Waals surface area (Å²) in [5.41, 5.74) is 1.18. The van der Waals surface area contributed by atoms with Crippen LogP contribution in [0.15, 0.2) is 48.5 Å². The number of nitrogens with zero attached hydrogens (tertiary/aromatic N) is 1. The number of carboxylic acids is 1. The summed E-state index contributed by atoms with van der Waals surface area (Å²) in [6.45, 7) is 1.11. The van der Waals surface area contributed by atoms with Gasteiger partial charge < -0.3 is 19.5 Å². The maximum atomic E-state index is 13.0. The monoisotopic (exact) mass is 373 g/mol. The highest BCUT2D eigenvalue weighted by Crippen LogP contribution is 2.23. The Morgan fingerprint density at radius 1 is 1.19 bits per heavy atom. The van der Waals surface area contributed by atoms with Gasteiger partial charge in [0.05, 0.1) is 24.7 Å². The van der Waals surface area contributed by atoms with Crippen LogP contribution in [0.1, 0.15) is 22.3 Å². The first-order valence-electron chi connectivity index (χ1n) is 8.62. The first-order chi connectivity index (χ1) is 13.0. The van der Waals surface area contributed by atoms with E-state index in [9.17, 15) is 14.0 Å². The fraction of sp³-hybridized carbons (Fsp3) is 0.300. The van der Waals surface area contributed by atoms with Crippen LogP contribution in [0.2, 0.25) is 0 Å². The van der Waals surface area contributed by atoms with Crippen molar-refractivity contribution in [2.45, 2.75) is 19.1 Å². The lowest BCUT2D eigenvalue weighted by Crippen LogP contribution is -2.46. The molecular formula is C20H20FNO5. The van der Waals surface area contributed by atoms with Crippen molar-refractivity contribution in [3.05, 3.63) is 65.5 Å². The summed E-state index contributed by atoms with van der Waals surface area (Å²) in [6.07, 6.45) is -0.667. The zero-order valence-corrected chi connectivity index (χ0v) is 14.6. The number of rotatable bonds is 6. The Labute approximate surface area is 156 Å². The highest BCUT2D eigenvalue weighted by Gasteiger charge is 2.28. The van der Waals surface area contributed by atoms with E-state index in [4.69, 9.17) is 14.6 Å². The molecular weight excluding hydrogens is 353 g/mol. The van der Waals surface area contributed by atoms with Crippen LogP contribution in [0.3, 0.4) is 0 Å². The van der Waals surface area contributed by atoms with Gasteiger partial charge in [0, 0.05) is 13.1 Å². The number of carbonyl (C=O) groups is 2. The third-order valence-corrected chi connectivity index (χ3v) is 4.25.